The molecule has 0 unspecified atom stereocenters. The molecule has 0 atom stereocenters. The Kier molecular flexibility index (Phi) is 4.89. The topological polar surface area (TPSA) is 84.9 Å². The van der Waals surface area contributed by atoms with Crippen LogP contribution in [0.25, 0.3) is 11.2 Å². The molecule has 3 aromatic rings. The average molecular weight is 360 g/mol. The number of H-pyrrole nitrogens is 2. The summed E-state index contributed by atoms with van der Waals surface area (Å²) in [7, 11) is 3.21. The Bertz CT molecular complexity index is 1020. The van der Waals surface area contributed by atoms with Crippen molar-refractivity contribution in [3.8, 4) is 11.5 Å². The molecule has 0 spiro atoms. The van der Waals surface area contributed by atoms with Crippen molar-refractivity contribution in [3.63, 3.8) is 0 Å². The standard InChI is InChI=1S/C17H20N4O3S/c1-4-7-21-15-14(16(25)20-17(21)22)18-13(19-15)9-10-5-6-11(23-2)12(8-10)24-3/h5-6,8H,4,7,9H2,1-3H3,(H,18,19)(H,20,22,25). The van der Waals surface area contributed by atoms with E-state index in [9.17, 15) is 4.79 Å². The number of nitrogens with one attached hydrogen (secondary N) is 2. The van der Waals surface area contributed by atoms with Crippen LogP contribution in [0.2, 0.25) is 0 Å². The lowest BCUT2D eigenvalue weighted by atomic mass is 10.1. The van der Waals surface area contributed by atoms with Crippen LogP contribution in [0.3, 0.4) is 0 Å². The molecular formula is C17H20N4O3S. The van der Waals surface area contributed by atoms with E-state index in [4.69, 9.17) is 21.7 Å². The largest absolute Gasteiger partial charge is 0.493 e. The molecule has 2 aromatic heterocycles. The fourth-order valence-electron chi connectivity index (χ4n) is 2.79. The van der Waals surface area contributed by atoms with Crippen molar-refractivity contribution in [2.45, 2.75) is 26.3 Å². The highest BCUT2D eigenvalue weighted by molar-refractivity contribution is 7.71. The second-order valence-electron chi connectivity index (χ2n) is 5.66. The Morgan fingerprint density at radius 1 is 1.20 bits per heavy atom. The zero-order chi connectivity index (χ0) is 18.0. The van der Waals surface area contributed by atoms with E-state index in [2.05, 4.69) is 15.0 Å². The minimum absolute atomic E-state index is 0.233. The number of methoxy groups -OCH3 is 2. The molecule has 0 aliphatic rings. The van der Waals surface area contributed by atoms with E-state index in [0.717, 1.165) is 17.8 Å². The van der Waals surface area contributed by atoms with Gasteiger partial charge in [-0.15, -0.1) is 0 Å². The summed E-state index contributed by atoms with van der Waals surface area (Å²) >= 11 is 5.26. The first-order valence-electron chi connectivity index (χ1n) is 8.00. The molecule has 2 heterocycles. The first-order chi connectivity index (χ1) is 12.1. The molecule has 7 nitrogen and oxygen atoms in total. The molecule has 0 aliphatic heterocycles. The summed E-state index contributed by atoms with van der Waals surface area (Å²) < 4.78 is 12.6. The molecule has 0 bridgehead atoms. The molecule has 8 heteroatoms. The number of benzene rings is 1. The van der Waals surface area contributed by atoms with Crippen LogP contribution in [0.1, 0.15) is 24.7 Å². The third-order valence-corrected chi connectivity index (χ3v) is 4.26. The van der Waals surface area contributed by atoms with Crippen molar-refractivity contribution >= 4 is 23.4 Å². The van der Waals surface area contributed by atoms with Crippen LogP contribution in [0.15, 0.2) is 23.0 Å². The summed E-state index contributed by atoms with van der Waals surface area (Å²) in [5.41, 5.74) is 2.05. The Hall–Kier alpha value is -2.61. The maximum atomic E-state index is 12.1. The van der Waals surface area contributed by atoms with E-state index in [1.807, 2.05) is 25.1 Å². The lowest BCUT2D eigenvalue weighted by Gasteiger charge is -2.08. The van der Waals surface area contributed by atoms with Crippen molar-refractivity contribution in [1.82, 2.24) is 19.5 Å². The van der Waals surface area contributed by atoms with E-state index >= 15 is 0 Å². The fraction of sp³-hybridized carbons (Fsp3) is 0.353. The van der Waals surface area contributed by atoms with Gasteiger partial charge in [-0.1, -0.05) is 25.2 Å². The van der Waals surface area contributed by atoms with Gasteiger partial charge >= 0.3 is 5.69 Å². The minimum atomic E-state index is -0.233. The summed E-state index contributed by atoms with van der Waals surface area (Å²) in [6.07, 6.45) is 1.39. The van der Waals surface area contributed by atoms with Crippen molar-refractivity contribution in [2.75, 3.05) is 14.2 Å². The Morgan fingerprint density at radius 3 is 2.64 bits per heavy atom. The van der Waals surface area contributed by atoms with Crippen molar-refractivity contribution in [3.05, 3.63) is 44.7 Å². The molecule has 3 rings (SSSR count). The van der Waals surface area contributed by atoms with Crippen LogP contribution in [0.4, 0.5) is 0 Å². The van der Waals surface area contributed by atoms with Crippen molar-refractivity contribution in [2.24, 2.45) is 0 Å². The highest BCUT2D eigenvalue weighted by Crippen LogP contribution is 2.28. The molecule has 0 radical (unpaired) electrons. The van der Waals surface area contributed by atoms with Crippen LogP contribution >= 0.6 is 12.2 Å². The van der Waals surface area contributed by atoms with Gasteiger partial charge in [-0.3, -0.25) is 9.55 Å². The van der Waals surface area contributed by atoms with Gasteiger partial charge in [0.15, 0.2) is 17.1 Å². The monoisotopic (exact) mass is 360 g/mol. The fourth-order valence-corrected chi connectivity index (χ4v) is 3.02. The SMILES string of the molecule is CCCn1c(=O)[nH]c(=S)c2[nH]c(Cc3ccc(OC)c(OC)c3)nc21. The second-order valence-corrected chi connectivity index (χ2v) is 6.07. The van der Waals surface area contributed by atoms with E-state index in [1.165, 1.54) is 0 Å². The summed E-state index contributed by atoms with van der Waals surface area (Å²) in [5, 5.41) is 0. The third kappa shape index (κ3) is 3.30. The number of ether oxygens (including phenoxy) is 2. The molecule has 2 N–H and O–H groups in total. The Balaban J connectivity index is 2.03. The van der Waals surface area contributed by atoms with Crippen LogP contribution in [-0.4, -0.2) is 33.7 Å². The van der Waals surface area contributed by atoms with E-state index in [-0.39, 0.29) is 5.69 Å². The maximum absolute atomic E-state index is 12.1. The van der Waals surface area contributed by atoms with Gasteiger partial charge in [-0.25, -0.2) is 9.78 Å². The van der Waals surface area contributed by atoms with Crippen molar-refractivity contribution in [1.29, 1.82) is 0 Å². The number of rotatable bonds is 6. The van der Waals surface area contributed by atoms with Gasteiger partial charge in [0.2, 0.25) is 0 Å². The van der Waals surface area contributed by atoms with E-state index in [0.29, 0.717) is 40.3 Å². The van der Waals surface area contributed by atoms with Crippen LogP contribution in [0, 0.1) is 4.64 Å². The quantitative estimate of drug-likeness (QED) is 0.660. The van der Waals surface area contributed by atoms with Crippen LogP contribution in [-0.2, 0) is 13.0 Å². The number of hydrogen-bond acceptors (Lipinski definition) is 5. The molecule has 132 valence electrons. The molecule has 0 amide bonds. The van der Waals surface area contributed by atoms with Gasteiger partial charge in [-0.05, 0) is 24.1 Å². The molecule has 0 saturated heterocycles. The predicted octanol–water partition coefficient (Wildman–Crippen LogP) is 2.80. The molecule has 25 heavy (non-hydrogen) atoms. The summed E-state index contributed by atoms with van der Waals surface area (Å²) in [4.78, 5) is 22.6. The van der Waals surface area contributed by atoms with Crippen molar-refractivity contribution < 1.29 is 9.47 Å². The zero-order valence-corrected chi connectivity index (χ0v) is 15.2. The smallest absolute Gasteiger partial charge is 0.328 e. The Labute approximate surface area is 149 Å². The number of imidazole rings is 1. The first-order valence-corrected chi connectivity index (χ1v) is 8.40. The molecule has 0 saturated carbocycles. The van der Waals surface area contributed by atoms with E-state index < -0.39 is 0 Å². The second kappa shape index (κ2) is 7.10. The minimum Gasteiger partial charge on any atom is -0.493 e. The number of aromatic amines is 2. The van der Waals surface area contributed by atoms with E-state index in [1.54, 1.807) is 18.8 Å². The summed E-state index contributed by atoms with van der Waals surface area (Å²) in [6, 6.07) is 5.72. The lowest BCUT2D eigenvalue weighted by molar-refractivity contribution is 0.354. The third-order valence-electron chi connectivity index (χ3n) is 3.95. The number of nitrogens with zero attached hydrogens (tertiary/aromatic N) is 2. The average Bonchev–Trinajstić information content (AvgIpc) is 3.02. The van der Waals surface area contributed by atoms with Crippen LogP contribution < -0.4 is 15.2 Å². The van der Waals surface area contributed by atoms with Crippen LogP contribution in [0.5, 0.6) is 11.5 Å². The number of hydrogen-bond donors (Lipinski definition) is 2. The normalized spacial score (nSPS) is 11.0. The number of aromatic nitrogens is 4. The molecule has 1 aromatic carbocycles. The summed E-state index contributed by atoms with van der Waals surface area (Å²) in [6.45, 7) is 2.60. The molecular weight excluding hydrogens is 340 g/mol. The number of aryl methyl sites for hydroxylation is 1. The zero-order valence-electron chi connectivity index (χ0n) is 14.4. The Morgan fingerprint density at radius 2 is 1.96 bits per heavy atom. The summed E-state index contributed by atoms with van der Waals surface area (Å²) in [5.74, 6) is 2.07. The molecule has 0 aliphatic carbocycles. The highest BCUT2D eigenvalue weighted by Gasteiger charge is 2.12. The first kappa shape index (κ1) is 17.2. The van der Waals surface area contributed by atoms with Gasteiger partial charge in [-0.2, -0.15) is 0 Å². The van der Waals surface area contributed by atoms with Gasteiger partial charge in [0.25, 0.3) is 0 Å². The maximum Gasteiger partial charge on any atom is 0.328 e. The molecule has 0 fully saturated rings. The van der Waals surface area contributed by atoms with Gasteiger partial charge in [0, 0.05) is 13.0 Å². The van der Waals surface area contributed by atoms with Gasteiger partial charge in [0.05, 0.1) is 14.2 Å². The lowest BCUT2D eigenvalue weighted by Crippen LogP contribution is -2.23. The highest BCUT2D eigenvalue weighted by atomic mass is 32.1. The predicted molar refractivity (Wildman–Crippen MR) is 98.2 cm³/mol. The van der Waals surface area contributed by atoms with Gasteiger partial charge < -0.3 is 14.5 Å². The number of fused-ring (bicyclic) bond motifs is 1. The van der Waals surface area contributed by atoms with Gasteiger partial charge in [0.1, 0.15) is 16.0 Å².